The third kappa shape index (κ3) is 3.47. The molecule has 3 aromatic rings. The standard InChI is InChI=1S/C21H21FN4O2/c1-25(2)17-11-7-15(8-12-17)21(27)26-13-3-4-18(26)20-23-19(24-28-20)14-5-9-16(22)10-6-14/h5-12,18H,3-4,13H2,1-2H3/t18-/m1/s1. The van der Waals surface area contributed by atoms with Crippen LogP contribution in [0.1, 0.15) is 35.1 Å². The van der Waals surface area contributed by atoms with Gasteiger partial charge in [-0.3, -0.25) is 4.79 Å². The van der Waals surface area contributed by atoms with Crippen LogP contribution in [0.2, 0.25) is 0 Å². The van der Waals surface area contributed by atoms with Crippen molar-refractivity contribution >= 4 is 11.6 Å². The summed E-state index contributed by atoms with van der Waals surface area (Å²) in [4.78, 5) is 21.2. The Labute approximate surface area is 162 Å². The molecule has 1 fully saturated rings. The second-order valence-electron chi connectivity index (χ2n) is 7.06. The summed E-state index contributed by atoms with van der Waals surface area (Å²) in [5.41, 5.74) is 2.35. The van der Waals surface area contributed by atoms with Gasteiger partial charge in [-0.05, 0) is 61.4 Å². The van der Waals surface area contributed by atoms with Crippen molar-refractivity contribution < 1.29 is 13.7 Å². The Balaban J connectivity index is 1.55. The fourth-order valence-corrected chi connectivity index (χ4v) is 3.42. The first kappa shape index (κ1) is 18.2. The number of halogens is 1. The zero-order chi connectivity index (χ0) is 19.7. The molecule has 2 heterocycles. The molecule has 1 amide bonds. The number of carbonyl (C=O) groups excluding carboxylic acids is 1. The zero-order valence-corrected chi connectivity index (χ0v) is 15.8. The quantitative estimate of drug-likeness (QED) is 0.687. The molecule has 144 valence electrons. The van der Waals surface area contributed by atoms with E-state index in [1.54, 1.807) is 17.0 Å². The number of carbonyl (C=O) groups is 1. The number of anilines is 1. The minimum Gasteiger partial charge on any atom is -0.378 e. The zero-order valence-electron chi connectivity index (χ0n) is 15.8. The van der Waals surface area contributed by atoms with E-state index in [1.165, 1.54) is 12.1 Å². The summed E-state index contributed by atoms with van der Waals surface area (Å²) < 4.78 is 18.6. The number of hydrogen-bond acceptors (Lipinski definition) is 5. The number of aromatic nitrogens is 2. The summed E-state index contributed by atoms with van der Waals surface area (Å²) in [5, 5.41) is 4.01. The monoisotopic (exact) mass is 380 g/mol. The highest BCUT2D eigenvalue weighted by Gasteiger charge is 2.34. The van der Waals surface area contributed by atoms with Gasteiger partial charge in [0.1, 0.15) is 11.9 Å². The maximum absolute atomic E-state index is 13.1. The molecule has 7 heteroatoms. The lowest BCUT2D eigenvalue weighted by Gasteiger charge is -2.22. The lowest BCUT2D eigenvalue weighted by atomic mass is 10.1. The van der Waals surface area contributed by atoms with Gasteiger partial charge in [0.15, 0.2) is 0 Å². The highest BCUT2D eigenvalue weighted by atomic mass is 19.1. The van der Waals surface area contributed by atoms with E-state index in [2.05, 4.69) is 10.1 Å². The Bertz CT molecular complexity index is 967. The van der Waals surface area contributed by atoms with Crippen molar-refractivity contribution in [3.05, 3.63) is 65.8 Å². The molecule has 0 spiro atoms. The van der Waals surface area contributed by atoms with Gasteiger partial charge >= 0.3 is 0 Å². The van der Waals surface area contributed by atoms with Crippen LogP contribution < -0.4 is 4.90 Å². The van der Waals surface area contributed by atoms with Gasteiger partial charge in [-0.1, -0.05) is 5.16 Å². The second kappa shape index (κ2) is 7.42. The minimum atomic E-state index is -0.319. The van der Waals surface area contributed by atoms with Crippen molar-refractivity contribution in [1.29, 1.82) is 0 Å². The van der Waals surface area contributed by atoms with Crippen LogP contribution in [0.3, 0.4) is 0 Å². The maximum Gasteiger partial charge on any atom is 0.254 e. The number of likely N-dealkylation sites (tertiary alicyclic amines) is 1. The molecule has 1 atom stereocenters. The fraction of sp³-hybridized carbons (Fsp3) is 0.286. The van der Waals surface area contributed by atoms with Gasteiger partial charge in [-0.2, -0.15) is 4.98 Å². The number of amides is 1. The van der Waals surface area contributed by atoms with Crippen LogP contribution in [0.25, 0.3) is 11.4 Å². The van der Waals surface area contributed by atoms with Crippen LogP contribution in [0, 0.1) is 5.82 Å². The van der Waals surface area contributed by atoms with Crippen LogP contribution in [0.15, 0.2) is 53.1 Å². The van der Waals surface area contributed by atoms with E-state index in [0.717, 1.165) is 18.5 Å². The topological polar surface area (TPSA) is 62.5 Å². The predicted molar refractivity (Wildman–Crippen MR) is 103 cm³/mol. The summed E-state index contributed by atoms with van der Waals surface area (Å²) >= 11 is 0. The minimum absolute atomic E-state index is 0.0469. The summed E-state index contributed by atoms with van der Waals surface area (Å²) in [6.45, 7) is 0.646. The van der Waals surface area contributed by atoms with E-state index < -0.39 is 0 Å². The lowest BCUT2D eigenvalue weighted by molar-refractivity contribution is 0.0710. The first-order valence-electron chi connectivity index (χ1n) is 9.21. The Morgan fingerprint density at radius 1 is 1.14 bits per heavy atom. The normalized spacial score (nSPS) is 16.4. The molecule has 0 radical (unpaired) electrons. The largest absolute Gasteiger partial charge is 0.378 e. The van der Waals surface area contributed by atoms with Crippen molar-refractivity contribution in [2.45, 2.75) is 18.9 Å². The van der Waals surface area contributed by atoms with Crippen LogP contribution in [0.5, 0.6) is 0 Å². The summed E-state index contributed by atoms with van der Waals surface area (Å²) in [6.07, 6.45) is 1.65. The van der Waals surface area contributed by atoms with Gasteiger partial charge in [0.25, 0.3) is 5.91 Å². The molecule has 6 nitrogen and oxygen atoms in total. The molecule has 0 saturated carbocycles. The molecule has 1 aliphatic rings. The van der Waals surface area contributed by atoms with E-state index in [-0.39, 0.29) is 17.8 Å². The van der Waals surface area contributed by atoms with Gasteiger partial charge in [0.2, 0.25) is 11.7 Å². The third-order valence-corrected chi connectivity index (χ3v) is 4.97. The van der Waals surface area contributed by atoms with Gasteiger partial charge in [0, 0.05) is 37.5 Å². The number of benzene rings is 2. The molecule has 4 rings (SSSR count). The first-order valence-corrected chi connectivity index (χ1v) is 9.21. The van der Waals surface area contributed by atoms with E-state index in [1.807, 2.05) is 43.3 Å². The number of rotatable bonds is 4. The van der Waals surface area contributed by atoms with Crippen molar-refractivity contribution in [2.75, 3.05) is 25.5 Å². The van der Waals surface area contributed by atoms with Gasteiger partial charge in [-0.25, -0.2) is 4.39 Å². The molecule has 1 aliphatic heterocycles. The van der Waals surface area contributed by atoms with Gasteiger partial charge < -0.3 is 14.3 Å². The molecule has 1 saturated heterocycles. The second-order valence-corrected chi connectivity index (χ2v) is 7.06. The molecule has 0 unspecified atom stereocenters. The molecule has 0 bridgehead atoms. The fourth-order valence-electron chi connectivity index (χ4n) is 3.42. The van der Waals surface area contributed by atoms with Crippen molar-refractivity contribution in [2.24, 2.45) is 0 Å². The Hall–Kier alpha value is -3.22. The highest BCUT2D eigenvalue weighted by Crippen LogP contribution is 2.33. The van der Waals surface area contributed by atoms with E-state index in [4.69, 9.17) is 4.52 Å². The van der Waals surface area contributed by atoms with Crippen LogP contribution in [0.4, 0.5) is 10.1 Å². The average Bonchev–Trinajstić information content (AvgIpc) is 3.37. The van der Waals surface area contributed by atoms with E-state index >= 15 is 0 Å². The number of nitrogens with zero attached hydrogens (tertiary/aromatic N) is 4. The highest BCUT2D eigenvalue weighted by molar-refractivity contribution is 5.95. The molecule has 0 N–H and O–H groups in total. The van der Waals surface area contributed by atoms with E-state index in [9.17, 15) is 9.18 Å². The van der Waals surface area contributed by atoms with E-state index in [0.29, 0.717) is 29.4 Å². The van der Waals surface area contributed by atoms with Crippen molar-refractivity contribution in [1.82, 2.24) is 15.0 Å². The third-order valence-electron chi connectivity index (χ3n) is 4.97. The van der Waals surface area contributed by atoms with Crippen molar-refractivity contribution in [3.63, 3.8) is 0 Å². The molecular formula is C21H21FN4O2. The van der Waals surface area contributed by atoms with Crippen LogP contribution >= 0.6 is 0 Å². The van der Waals surface area contributed by atoms with Crippen LogP contribution in [-0.4, -0.2) is 41.6 Å². The van der Waals surface area contributed by atoms with Gasteiger partial charge in [-0.15, -0.1) is 0 Å². The smallest absolute Gasteiger partial charge is 0.254 e. The van der Waals surface area contributed by atoms with Crippen LogP contribution in [-0.2, 0) is 0 Å². The lowest BCUT2D eigenvalue weighted by Crippen LogP contribution is -2.30. The molecule has 1 aromatic heterocycles. The number of hydrogen-bond donors (Lipinski definition) is 0. The maximum atomic E-state index is 13.1. The first-order chi connectivity index (χ1) is 13.5. The Kier molecular flexibility index (Phi) is 4.81. The predicted octanol–water partition coefficient (Wildman–Crippen LogP) is 3.92. The summed E-state index contributed by atoms with van der Waals surface area (Å²) in [5.74, 6) is 0.439. The van der Waals surface area contributed by atoms with Gasteiger partial charge in [0.05, 0.1) is 0 Å². The molecule has 0 aliphatic carbocycles. The SMILES string of the molecule is CN(C)c1ccc(C(=O)N2CCC[C@@H]2c2nc(-c3ccc(F)cc3)no2)cc1. The molecule has 28 heavy (non-hydrogen) atoms. The Morgan fingerprint density at radius 3 is 2.54 bits per heavy atom. The average molecular weight is 380 g/mol. The Morgan fingerprint density at radius 2 is 1.86 bits per heavy atom. The summed E-state index contributed by atoms with van der Waals surface area (Å²) in [6, 6.07) is 13.2. The molecule has 2 aromatic carbocycles. The molecular weight excluding hydrogens is 359 g/mol. The van der Waals surface area contributed by atoms with Crippen molar-refractivity contribution in [3.8, 4) is 11.4 Å². The summed E-state index contributed by atoms with van der Waals surface area (Å²) in [7, 11) is 3.92.